The van der Waals surface area contributed by atoms with Crippen molar-refractivity contribution in [3.05, 3.63) is 35.9 Å². The Morgan fingerprint density at radius 2 is 2.00 bits per heavy atom. The lowest BCUT2D eigenvalue weighted by atomic mass is 9.99. The highest BCUT2D eigenvalue weighted by atomic mass is 16.6. The number of amides is 3. The van der Waals surface area contributed by atoms with E-state index in [1.165, 1.54) is 4.90 Å². The molecule has 1 saturated carbocycles. The maximum Gasteiger partial charge on any atom is 0.416 e. The van der Waals surface area contributed by atoms with Gasteiger partial charge in [0.05, 0.1) is 12.0 Å². The molecular formula is C17H20N2O5. The van der Waals surface area contributed by atoms with Crippen LogP contribution in [0.3, 0.4) is 0 Å². The molecule has 1 saturated heterocycles. The first-order valence-corrected chi connectivity index (χ1v) is 8.07. The average molecular weight is 332 g/mol. The molecule has 1 aliphatic carbocycles. The summed E-state index contributed by atoms with van der Waals surface area (Å²) < 4.78 is 5.08. The van der Waals surface area contributed by atoms with E-state index >= 15 is 0 Å². The van der Waals surface area contributed by atoms with Gasteiger partial charge in [0.1, 0.15) is 6.61 Å². The summed E-state index contributed by atoms with van der Waals surface area (Å²) in [5, 5.41) is 11.1. The number of nitrogens with zero attached hydrogens (tertiary/aromatic N) is 1. The van der Waals surface area contributed by atoms with Gasteiger partial charge in [0, 0.05) is 6.54 Å². The molecule has 24 heavy (non-hydrogen) atoms. The largest absolute Gasteiger partial charge is 0.465 e. The molecule has 0 radical (unpaired) electrons. The third-order valence-corrected chi connectivity index (χ3v) is 4.49. The third kappa shape index (κ3) is 3.67. The molecule has 1 unspecified atom stereocenters. The number of hydrogen-bond donors (Lipinski definition) is 2. The molecule has 2 N–H and O–H groups in total. The van der Waals surface area contributed by atoms with Gasteiger partial charge in [-0.05, 0) is 30.7 Å². The molecule has 2 atom stereocenters. The summed E-state index contributed by atoms with van der Waals surface area (Å²) in [6, 6.07) is 9.25. The van der Waals surface area contributed by atoms with Gasteiger partial charge in [-0.15, -0.1) is 0 Å². The second-order valence-electron chi connectivity index (χ2n) is 6.26. The van der Waals surface area contributed by atoms with Crippen molar-refractivity contribution < 1.29 is 24.2 Å². The predicted octanol–water partition coefficient (Wildman–Crippen LogP) is 1.87. The molecule has 2 aliphatic rings. The number of carboxylic acid groups (broad SMARTS) is 1. The molecule has 7 heteroatoms. The second-order valence-corrected chi connectivity index (χ2v) is 6.26. The Kier molecular flexibility index (Phi) is 4.69. The standard InChI is InChI=1S/C17H20N2O5/c20-15(14(12-6-7-12)9-18-16(21)22)19-13(10-24-17(19)23)8-11-4-2-1-3-5-11/h1-5,12-14,18H,6-10H2,(H,21,22)/t13-,14?/m0/s1. The van der Waals surface area contributed by atoms with Crippen molar-refractivity contribution in [2.75, 3.05) is 13.2 Å². The SMILES string of the molecule is O=C(O)NCC(C(=O)N1C(=O)OC[C@@H]1Cc1ccccc1)C1CC1. The van der Waals surface area contributed by atoms with Gasteiger partial charge in [0.2, 0.25) is 5.91 Å². The Morgan fingerprint density at radius 1 is 1.29 bits per heavy atom. The first kappa shape index (κ1) is 16.3. The molecule has 128 valence electrons. The van der Waals surface area contributed by atoms with Crippen LogP contribution < -0.4 is 5.32 Å². The number of nitrogens with one attached hydrogen (secondary N) is 1. The molecule has 1 aliphatic heterocycles. The summed E-state index contributed by atoms with van der Waals surface area (Å²) in [5.41, 5.74) is 1.02. The van der Waals surface area contributed by atoms with E-state index in [1.54, 1.807) is 0 Å². The number of hydrogen-bond acceptors (Lipinski definition) is 4. The molecule has 1 heterocycles. The van der Waals surface area contributed by atoms with E-state index in [0.29, 0.717) is 6.42 Å². The number of rotatable bonds is 6. The monoisotopic (exact) mass is 332 g/mol. The van der Waals surface area contributed by atoms with E-state index in [2.05, 4.69) is 5.32 Å². The molecular weight excluding hydrogens is 312 g/mol. The summed E-state index contributed by atoms with van der Waals surface area (Å²) in [5.74, 6) is -0.713. The number of ether oxygens (including phenoxy) is 1. The van der Waals surface area contributed by atoms with E-state index in [0.717, 1.165) is 18.4 Å². The topological polar surface area (TPSA) is 95.9 Å². The van der Waals surface area contributed by atoms with Crippen molar-refractivity contribution in [2.24, 2.45) is 11.8 Å². The highest BCUT2D eigenvalue weighted by molar-refractivity contribution is 5.95. The van der Waals surface area contributed by atoms with Crippen LogP contribution in [0, 0.1) is 11.8 Å². The fourth-order valence-corrected chi connectivity index (χ4v) is 3.10. The summed E-state index contributed by atoms with van der Waals surface area (Å²) in [4.78, 5) is 36.8. The molecule has 3 amide bonds. The fraction of sp³-hybridized carbons (Fsp3) is 0.471. The number of benzene rings is 1. The van der Waals surface area contributed by atoms with Crippen LogP contribution >= 0.6 is 0 Å². The van der Waals surface area contributed by atoms with Gasteiger partial charge in [-0.25, -0.2) is 14.5 Å². The zero-order valence-corrected chi connectivity index (χ0v) is 13.2. The first-order valence-electron chi connectivity index (χ1n) is 8.07. The Morgan fingerprint density at radius 3 is 2.62 bits per heavy atom. The quantitative estimate of drug-likeness (QED) is 0.829. The van der Waals surface area contributed by atoms with Crippen molar-refractivity contribution in [3.8, 4) is 0 Å². The molecule has 0 aromatic heterocycles. The van der Waals surface area contributed by atoms with Gasteiger partial charge < -0.3 is 15.2 Å². The highest BCUT2D eigenvalue weighted by Crippen LogP contribution is 2.38. The molecule has 7 nitrogen and oxygen atoms in total. The van der Waals surface area contributed by atoms with Crippen molar-refractivity contribution in [1.29, 1.82) is 0 Å². The molecule has 3 rings (SSSR count). The van der Waals surface area contributed by atoms with E-state index in [4.69, 9.17) is 9.84 Å². The maximum absolute atomic E-state index is 12.8. The van der Waals surface area contributed by atoms with Crippen molar-refractivity contribution >= 4 is 18.1 Å². The van der Waals surface area contributed by atoms with Crippen LogP contribution in [-0.2, 0) is 16.0 Å². The normalized spacial score (nSPS) is 21.2. The van der Waals surface area contributed by atoms with Gasteiger partial charge in [0.15, 0.2) is 0 Å². The van der Waals surface area contributed by atoms with E-state index in [1.807, 2.05) is 30.3 Å². The summed E-state index contributed by atoms with van der Waals surface area (Å²) >= 11 is 0. The zero-order chi connectivity index (χ0) is 17.1. The second kappa shape index (κ2) is 6.90. The first-order chi connectivity index (χ1) is 11.6. The fourth-order valence-electron chi connectivity index (χ4n) is 3.10. The average Bonchev–Trinajstić information content (AvgIpc) is 3.32. The number of cyclic esters (lactones) is 1. The van der Waals surface area contributed by atoms with Crippen molar-refractivity contribution in [1.82, 2.24) is 10.2 Å². The van der Waals surface area contributed by atoms with Crippen LogP contribution in [0.25, 0.3) is 0 Å². The van der Waals surface area contributed by atoms with Gasteiger partial charge in [0.25, 0.3) is 0 Å². The number of imide groups is 1. The summed E-state index contributed by atoms with van der Waals surface area (Å²) in [6.07, 6.45) is 0.482. The Hall–Kier alpha value is -2.57. The van der Waals surface area contributed by atoms with Crippen molar-refractivity contribution in [2.45, 2.75) is 25.3 Å². The molecule has 2 fully saturated rings. The molecule has 0 bridgehead atoms. The minimum absolute atomic E-state index is 0.0284. The minimum atomic E-state index is -1.17. The molecule has 1 aromatic rings. The minimum Gasteiger partial charge on any atom is -0.465 e. The van der Waals surface area contributed by atoms with Gasteiger partial charge in [-0.1, -0.05) is 30.3 Å². The van der Waals surface area contributed by atoms with E-state index < -0.39 is 18.1 Å². The lowest BCUT2D eigenvalue weighted by Crippen LogP contribution is -2.47. The number of carbonyl (C=O) groups is 3. The van der Waals surface area contributed by atoms with Gasteiger partial charge in [-0.3, -0.25) is 4.79 Å². The van der Waals surface area contributed by atoms with Gasteiger partial charge in [-0.2, -0.15) is 0 Å². The zero-order valence-electron chi connectivity index (χ0n) is 13.2. The van der Waals surface area contributed by atoms with Crippen LogP contribution in [0.2, 0.25) is 0 Å². The summed E-state index contributed by atoms with van der Waals surface area (Å²) in [7, 11) is 0. The molecule has 1 aromatic carbocycles. The predicted molar refractivity (Wildman–Crippen MR) is 84.4 cm³/mol. The van der Waals surface area contributed by atoms with Crippen LogP contribution in [-0.4, -0.2) is 47.3 Å². The smallest absolute Gasteiger partial charge is 0.416 e. The van der Waals surface area contributed by atoms with Crippen LogP contribution in [0.15, 0.2) is 30.3 Å². The lowest BCUT2D eigenvalue weighted by Gasteiger charge is -2.25. The summed E-state index contributed by atoms with van der Waals surface area (Å²) in [6.45, 7) is 0.198. The Balaban J connectivity index is 1.72. The Labute approximate surface area is 139 Å². The maximum atomic E-state index is 12.8. The Bertz CT molecular complexity index is 629. The third-order valence-electron chi connectivity index (χ3n) is 4.49. The lowest BCUT2D eigenvalue weighted by molar-refractivity contribution is -0.133. The highest BCUT2D eigenvalue weighted by Gasteiger charge is 2.45. The van der Waals surface area contributed by atoms with Crippen LogP contribution in [0.5, 0.6) is 0 Å². The molecule has 0 spiro atoms. The van der Waals surface area contributed by atoms with E-state index in [9.17, 15) is 14.4 Å². The van der Waals surface area contributed by atoms with Crippen LogP contribution in [0.4, 0.5) is 9.59 Å². The van der Waals surface area contributed by atoms with Crippen molar-refractivity contribution in [3.63, 3.8) is 0 Å². The van der Waals surface area contributed by atoms with Gasteiger partial charge >= 0.3 is 12.2 Å². The van der Waals surface area contributed by atoms with Crippen LogP contribution in [0.1, 0.15) is 18.4 Å². The van der Waals surface area contributed by atoms with E-state index in [-0.39, 0.29) is 31.0 Å². The number of carbonyl (C=O) groups excluding carboxylic acids is 2.